The minimum Gasteiger partial charge on any atom is -0.393 e. The van der Waals surface area contributed by atoms with Crippen LogP contribution in [0.3, 0.4) is 0 Å². The van der Waals surface area contributed by atoms with Crippen LogP contribution in [-0.4, -0.2) is 24.3 Å². The molecular formula is C6H14ClNO. The molecule has 2 atom stereocenters. The topological polar surface area (TPSA) is 32.3 Å². The largest absolute Gasteiger partial charge is 0.393 e. The minimum absolute atomic E-state index is 0. The van der Waals surface area contributed by atoms with E-state index in [2.05, 4.69) is 12.2 Å². The summed E-state index contributed by atoms with van der Waals surface area (Å²) in [5.41, 5.74) is 0. The lowest BCUT2D eigenvalue weighted by Crippen LogP contribution is -2.38. The predicted octanol–water partition coefficient (Wildman–Crippen LogP) is 0.398. The van der Waals surface area contributed by atoms with Crippen molar-refractivity contribution in [1.82, 2.24) is 5.32 Å². The molecule has 1 rings (SSSR count). The van der Waals surface area contributed by atoms with Gasteiger partial charge in [0, 0.05) is 6.54 Å². The third-order valence-electron chi connectivity index (χ3n) is 1.74. The van der Waals surface area contributed by atoms with Crippen molar-refractivity contribution in [3.8, 4) is 0 Å². The van der Waals surface area contributed by atoms with E-state index in [4.69, 9.17) is 5.11 Å². The summed E-state index contributed by atoms with van der Waals surface area (Å²) in [6.07, 6.45) is 0.859. The van der Waals surface area contributed by atoms with Gasteiger partial charge in [0.2, 0.25) is 0 Å². The van der Waals surface area contributed by atoms with E-state index in [1.165, 1.54) is 0 Å². The number of halogens is 1. The average molecular weight is 152 g/mol. The average Bonchev–Trinajstić information content (AvgIpc) is 1.77. The zero-order chi connectivity index (χ0) is 5.98. The Kier molecular flexibility index (Phi) is 4.19. The Morgan fingerprint density at radius 3 is 2.56 bits per heavy atom. The van der Waals surface area contributed by atoms with E-state index >= 15 is 0 Å². The van der Waals surface area contributed by atoms with Crippen LogP contribution < -0.4 is 5.32 Å². The number of hydrogen-bond donors (Lipinski definition) is 2. The van der Waals surface area contributed by atoms with Gasteiger partial charge in [0.15, 0.2) is 0 Å². The van der Waals surface area contributed by atoms with E-state index in [-0.39, 0.29) is 18.5 Å². The van der Waals surface area contributed by atoms with E-state index < -0.39 is 0 Å². The molecule has 1 aliphatic heterocycles. The summed E-state index contributed by atoms with van der Waals surface area (Å²) in [7, 11) is 0. The third kappa shape index (κ3) is 2.52. The summed E-state index contributed by atoms with van der Waals surface area (Å²) in [5.74, 6) is 0.448. The van der Waals surface area contributed by atoms with Crippen molar-refractivity contribution in [3.05, 3.63) is 0 Å². The summed E-state index contributed by atoms with van der Waals surface area (Å²) in [5, 5.41) is 12.3. The molecule has 0 bridgehead atoms. The Morgan fingerprint density at radius 1 is 1.56 bits per heavy atom. The smallest absolute Gasteiger partial charge is 0.0590 e. The molecule has 1 aliphatic rings. The second-order valence-corrected chi connectivity index (χ2v) is 2.54. The molecule has 0 spiro atoms. The second-order valence-electron chi connectivity index (χ2n) is 2.54. The van der Waals surface area contributed by atoms with Crippen LogP contribution in [0.15, 0.2) is 0 Å². The fraction of sp³-hybridized carbons (Fsp3) is 1.00. The van der Waals surface area contributed by atoms with Gasteiger partial charge in [0.25, 0.3) is 0 Å². The molecule has 0 aliphatic carbocycles. The standard InChI is InChI=1S/C6H13NO.ClH/c1-5-4-7-3-2-6(5)8;/h5-8H,2-4H2,1H3;1H/t5-,6+;/m0./s1. The summed E-state index contributed by atoms with van der Waals surface area (Å²) in [6.45, 7) is 4.02. The fourth-order valence-corrected chi connectivity index (χ4v) is 1.00. The molecule has 0 aromatic heterocycles. The van der Waals surface area contributed by atoms with Gasteiger partial charge in [-0.2, -0.15) is 0 Å². The minimum atomic E-state index is -0.0590. The predicted molar refractivity (Wildman–Crippen MR) is 39.9 cm³/mol. The molecule has 1 fully saturated rings. The van der Waals surface area contributed by atoms with Gasteiger partial charge in [-0.25, -0.2) is 0 Å². The first kappa shape index (κ1) is 9.21. The third-order valence-corrected chi connectivity index (χ3v) is 1.74. The van der Waals surface area contributed by atoms with Crippen molar-refractivity contribution in [3.63, 3.8) is 0 Å². The van der Waals surface area contributed by atoms with Gasteiger partial charge in [-0.05, 0) is 18.9 Å². The molecular weight excluding hydrogens is 138 g/mol. The van der Waals surface area contributed by atoms with Crippen LogP contribution >= 0.6 is 12.4 Å². The Bertz CT molecular complexity index is 69.5. The van der Waals surface area contributed by atoms with Gasteiger partial charge < -0.3 is 10.4 Å². The highest BCUT2D eigenvalue weighted by atomic mass is 35.5. The molecule has 2 nitrogen and oxygen atoms in total. The molecule has 0 radical (unpaired) electrons. The van der Waals surface area contributed by atoms with Crippen LogP contribution in [0.25, 0.3) is 0 Å². The van der Waals surface area contributed by atoms with Crippen LogP contribution in [0.1, 0.15) is 13.3 Å². The van der Waals surface area contributed by atoms with E-state index in [0.29, 0.717) is 5.92 Å². The SMILES string of the molecule is C[C@H]1CNCC[C@H]1O.Cl. The van der Waals surface area contributed by atoms with Crippen LogP contribution in [0, 0.1) is 5.92 Å². The molecule has 9 heavy (non-hydrogen) atoms. The van der Waals surface area contributed by atoms with Crippen molar-refractivity contribution < 1.29 is 5.11 Å². The summed E-state index contributed by atoms with van der Waals surface area (Å²) in [6, 6.07) is 0. The van der Waals surface area contributed by atoms with Crippen LogP contribution in [0.2, 0.25) is 0 Å². The maximum Gasteiger partial charge on any atom is 0.0590 e. The maximum absolute atomic E-state index is 9.14. The van der Waals surface area contributed by atoms with Crippen molar-refractivity contribution in [2.24, 2.45) is 5.92 Å². The lowest BCUT2D eigenvalue weighted by atomic mass is 9.99. The Morgan fingerprint density at radius 2 is 2.22 bits per heavy atom. The lowest BCUT2D eigenvalue weighted by molar-refractivity contribution is 0.0882. The van der Waals surface area contributed by atoms with Gasteiger partial charge in [-0.1, -0.05) is 6.92 Å². The molecule has 1 saturated heterocycles. The molecule has 0 saturated carbocycles. The molecule has 0 unspecified atom stereocenters. The van der Waals surface area contributed by atoms with Crippen molar-refractivity contribution in [2.75, 3.05) is 13.1 Å². The quantitative estimate of drug-likeness (QED) is 0.526. The van der Waals surface area contributed by atoms with Crippen LogP contribution in [-0.2, 0) is 0 Å². The Balaban J connectivity index is 0.000000640. The molecule has 0 aromatic carbocycles. The zero-order valence-corrected chi connectivity index (χ0v) is 6.45. The monoisotopic (exact) mass is 151 g/mol. The highest BCUT2D eigenvalue weighted by Crippen LogP contribution is 2.08. The number of nitrogens with one attached hydrogen (secondary N) is 1. The number of hydrogen-bond acceptors (Lipinski definition) is 2. The molecule has 0 amide bonds. The van der Waals surface area contributed by atoms with Gasteiger partial charge in [0.1, 0.15) is 0 Å². The van der Waals surface area contributed by atoms with Crippen molar-refractivity contribution >= 4 is 12.4 Å². The van der Waals surface area contributed by atoms with Gasteiger partial charge in [-0.15, -0.1) is 12.4 Å². The van der Waals surface area contributed by atoms with Gasteiger partial charge in [0.05, 0.1) is 6.10 Å². The molecule has 56 valence electrons. The van der Waals surface area contributed by atoms with E-state index in [1.54, 1.807) is 0 Å². The van der Waals surface area contributed by atoms with E-state index in [1.807, 2.05) is 0 Å². The molecule has 1 heterocycles. The van der Waals surface area contributed by atoms with E-state index in [9.17, 15) is 0 Å². The Labute approximate surface area is 62.1 Å². The first-order chi connectivity index (χ1) is 3.80. The second kappa shape index (κ2) is 4.09. The summed E-state index contributed by atoms with van der Waals surface area (Å²) < 4.78 is 0. The number of aliphatic hydroxyl groups excluding tert-OH is 1. The normalized spacial score (nSPS) is 35.3. The first-order valence-corrected chi connectivity index (χ1v) is 3.19. The highest BCUT2D eigenvalue weighted by Gasteiger charge is 2.16. The van der Waals surface area contributed by atoms with Crippen LogP contribution in [0.4, 0.5) is 0 Å². The molecule has 2 N–H and O–H groups in total. The highest BCUT2D eigenvalue weighted by molar-refractivity contribution is 5.85. The maximum atomic E-state index is 9.14. The number of aliphatic hydroxyl groups is 1. The van der Waals surface area contributed by atoms with Crippen LogP contribution in [0.5, 0.6) is 0 Å². The molecule has 3 heteroatoms. The van der Waals surface area contributed by atoms with Gasteiger partial charge in [-0.3, -0.25) is 0 Å². The summed E-state index contributed by atoms with van der Waals surface area (Å²) in [4.78, 5) is 0. The fourth-order valence-electron chi connectivity index (χ4n) is 1.00. The lowest BCUT2D eigenvalue weighted by Gasteiger charge is -2.24. The summed E-state index contributed by atoms with van der Waals surface area (Å²) >= 11 is 0. The van der Waals surface area contributed by atoms with Crippen molar-refractivity contribution in [2.45, 2.75) is 19.4 Å². The zero-order valence-electron chi connectivity index (χ0n) is 5.63. The molecule has 0 aromatic rings. The first-order valence-electron chi connectivity index (χ1n) is 3.19. The number of piperidine rings is 1. The number of rotatable bonds is 0. The van der Waals surface area contributed by atoms with Gasteiger partial charge >= 0.3 is 0 Å². The van der Waals surface area contributed by atoms with E-state index in [0.717, 1.165) is 19.5 Å². The Hall–Kier alpha value is 0.210. The van der Waals surface area contributed by atoms with Crippen molar-refractivity contribution in [1.29, 1.82) is 0 Å².